The lowest BCUT2D eigenvalue weighted by molar-refractivity contribution is 0.771. The summed E-state index contributed by atoms with van der Waals surface area (Å²) in [5, 5.41) is 0. The highest BCUT2D eigenvalue weighted by Gasteiger charge is 2.06. The number of hydrogen-bond donors (Lipinski definition) is 0. The molecule has 1 aromatic rings. The molecular formula is C14H18. The molecule has 0 radical (unpaired) electrons. The highest BCUT2D eigenvalue weighted by molar-refractivity contribution is 5.31. The van der Waals surface area contributed by atoms with Gasteiger partial charge in [0.05, 0.1) is 0 Å². The molecule has 0 aliphatic rings. The molecule has 0 aliphatic heterocycles. The molecule has 74 valence electrons. The Balaban J connectivity index is 2.92. The number of allylic oxidation sites excluding steroid dienone is 2. The van der Waals surface area contributed by atoms with Gasteiger partial charge in [-0.15, -0.1) is 13.2 Å². The quantitative estimate of drug-likeness (QED) is 0.607. The Hall–Kier alpha value is -1.30. The van der Waals surface area contributed by atoms with Gasteiger partial charge in [-0.1, -0.05) is 43.3 Å². The van der Waals surface area contributed by atoms with E-state index < -0.39 is 0 Å². The van der Waals surface area contributed by atoms with Crippen LogP contribution in [0.3, 0.4) is 0 Å². The Morgan fingerprint density at radius 2 is 1.93 bits per heavy atom. The fraction of sp³-hybridized carbons (Fsp3) is 0.286. The van der Waals surface area contributed by atoms with E-state index in [1.165, 1.54) is 11.1 Å². The molecule has 0 bridgehead atoms. The van der Waals surface area contributed by atoms with E-state index in [0.29, 0.717) is 5.92 Å². The molecule has 0 heteroatoms. The first-order valence-corrected chi connectivity index (χ1v) is 5.09. The van der Waals surface area contributed by atoms with Crippen LogP contribution in [0.25, 0.3) is 0 Å². The summed E-state index contributed by atoms with van der Waals surface area (Å²) < 4.78 is 0. The first kappa shape index (κ1) is 10.8. The van der Waals surface area contributed by atoms with Gasteiger partial charge in [0.15, 0.2) is 0 Å². The molecule has 0 spiro atoms. The summed E-state index contributed by atoms with van der Waals surface area (Å²) in [7, 11) is 0. The molecule has 0 fully saturated rings. The van der Waals surface area contributed by atoms with Crippen LogP contribution >= 0.6 is 0 Å². The van der Waals surface area contributed by atoms with Crippen LogP contribution in [-0.4, -0.2) is 0 Å². The van der Waals surface area contributed by atoms with Crippen molar-refractivity contribution in [2.75, 3.05) is 0 Å². The first-order chi connectivity index (χ1) is 6.79. The van der Waals surface area contributed by atoms with Crippen molar-refractivity contribution in [3.8, 4) is 0 Å². The molecule has 1 unspecified atom stereocenters. The molecule has 0 saturated heterocycles. The Labute approximate surface area is 87.0 Å². The Morgan fingerprint density at radius 3 is 2.57 bits per heavy atom. The van der Waals surface area contributed by atoms with E-state index in [4.69, 9.17) is 0 Å². The van der Waals surface area contributed by atoms with Crippen molar-refractivity contribution in [2.45, 2.75) is 25.7 Å². The van der Waals surface area contributed by atoms with Crippen molar-refractivity contribution >= 4 is 0 Å². The third-order valence-electron chi connectivity index (χ3n) is 2.47. The molecular weight excluding hydrogens is 168 g/mol. The van der Waals surface area contributed by atoms with Gasteiger partial charge in [0, 0.05) is 0 Å². The molecule has 0 N–H and O–H groups in total. The fourth-order valence-corrected chi connectivity index (χ4v) is 1.73. The minimum Gasteiger partial charge on any atom is -0.103 e. The van der Waals surface area contributed by atoms with Crippen LogP contribution in [0.1, 0.15) is 30.4 Å². The lowest BCUT2D eigenvalue weighted by Gasteiger charge is -2.13. The molecule has 0 heterocycles. The van der Waals surface area contributed by atoms with Gasteiger partial charge in [0.25, 0.3) is 0 Å². The molecule has 0 amide bonds. The second kappa shape index (κ2) is 5.43. The standard InChI is InChI=1S/C14H18/c1-4-8-12(3)14-11-7-6-10-13(14)9-5-2/h4-7,10-12H,1-2,8-9H2,3H3. The van der Waals surface area contributed by atoms with Gasteiger partial charge in [-0.2, -0.15) is 0 Å². The monoisotopic (exact) mass is 186 g/mol. The van der Waals surface area contributed by atoms with E-state index in [0.717, 1.165) is 12.8 Å². The maximum absolute atomic E-state index is 3.78. The third-order valence-corrected chi connectivity index (χ3v) is 2.47. The molecule has 1 rings (SSSR count). The second-order valence-electron chi connectivity index (χ2n) is 3.62. The molecule has 0 aliphatic carbocycles. The summed E-state index contributed by atoms with van der Waals surface area (Å²) in [6.45, 7) is 9.80. The molecule has 0 saturated carbocycles. The summed E-state index contributed by atoms with van der Waals surface area (Å²) in [5.74, 6) is 0.559. The van der Waals surface area contributed by atoms with Crippen LogP contribution in [0.15, 0.2) is 49.6 Å². The largest absolute Gasteiger partial charge is 0.103 e. The molecule has 0 aromatic heterocycles. The van der Waals surface area contributed by atoms with Crippen molar-refractivity contribution in [3.63, 3.8) is 0 Å². The highest BCUT2D eigenvalue weighted by atomic mass is 14.1. The van der Waals surface area contributed by atoms with Crippen LogP contribution in [0.5, 0.6) is 0 Å². The van der Waals surface area contributed by atoms with E-state index in [2.05, 4.69) is 44.3 Å². The Morgan fingerprint density at radius 1 is 1.21 bits per heavy atom. The smallest absolute Gasteiger partial charge is 0.00973 e. The van der Waals surface area contributed by atoms with E-state index >= 15 is 0 Å². The number of benzene rings is 1. The first-order valence-electron chi connectivity index (χ1n) is 5.09. The van der Waals surface area contributed by atoms with E-state index in [9.17, 15) is 0 Å². The normalized spacial score (nSPS) is 12.1. The lowest BCUT2D eigenvalue weighted by atomic mass is 9.92. The zero-order valence-corrected chi connectivity index (χ0v) is 8.87. The van der Waals surface area contributed by atoms with Crippen LogP contribution in [0.2, 0.25) is 0 Å². The van der Waals surface area contributed by atoms with Gasteiger partial charge in [-0.3, -0.25) is 0 Å². The van der Waals surface area contributed by atoms with E-state index in [1.54, 1.807) is 0 Å². The SMILES string of the molecule is C=CCc1ccccc1C(C)CC=C. The highest BCUT2D eigenvalue weighted by Crippen LogP contribution is 2.23. The molecule has 0 nitrogen and oxygen atoms in total. The van der Waals surface area contributed by atoms with Crippen molar-refractivity contribution in [1.29, 1.82) is 0 Å². The second-order valence-corrected chi connectivity index (χ2v) is 3.62. The van der Waals surface area contributed by atoms with Crippen molar-refractivity contribution < 1.29 is 0 Å². The minimum atomic E-state index is 0.559. The van der Waals surface area contributed by atoms with Crippen LogP contribution in [0.4, 0.5) is 0 Å². The fourth-order valence-electron chi connectivity index (χ4n) is 1.73. The van der Waals surface area contributed by atoms with Crippen LogP contribution < -0.4 is 0 Å². The Bertz CT molecular complexity index is 310. The number of rotatable bonds is 5. The average molecular weight is 186 g/mol. The third kappa shape index (κ3) is 2.59. The van der Waals surface area contributed by atoms with Gasteiger partial charge in [0.2, 0.25) is 0 Å². The summed E-state index contributed by atoms with van der Waals surface area (Å²) >= 11 is 0. The lowest BCUT2D eigenvalue weighted by Crippen LogP contribution is -1.97. The summed E-state index contributed by atoms with van der Waals surface area (Å²) in [5.41, 5.74) is 2.81. The summed E-state index contributed by atoms with van der Waals surface area (Å²) in [4.78, 5) is 0. The van der Waals surface area contributed by atoms with E-state index in [1.807, 2.05) is 12.2 Å². The van der Waals surface area contributed by atoms with Gasteiger partial charge >= 0.3 is 0 Å². The van der Waals surface area contributed by atoms with Gasteiger partial charge in [-0.05, 0) is 29.9 Å². The zero-order chi connectivity index (χ0) is 10.4. The maximum Gasteiger partial charge on any atom is -0.00973 e. The maximum atomic E-state index is 3.78. The number of hydrogen-bond acceptors (Lipinski definition) is 0. The van der Waals surface area contributed by atoms with Crippen LogP contribution in [0, 0.1) is 0 Å². The summed E-state index contributed by atoms with van der Waals surface area (Å²) in [6, 6.07) is 8.56. The van der Waals surface area contributed by atoms with Gasteiger partial charge in [0.1, 0.15) is 0 Å². The molecule has 14 heavy (non-hydrogen) atoms. The molecule has 1 atom stereocenters. The average Bonchev–Trinajstić information content (AvgIpc) is 2.19. The van der Waals surface area contributed by atoms with Gasteiger partial charge < -0.3 is 0 Å². The predicted octanol–water partition coefficient (Wildman–Crippen LogP) is 4.09. The Kier molecular flexibility index (Phi) is 4.18. The van der Waals surface area contributed by atoms with Crippen molar-refractivity contribution in [3.05, 3.63) is 60.7 Å². The topological polar surface area (TPSA) is 0 Å². The van der Waals surface area contributed by atoms with Crippen molar-refractivity contribution in [1.82, 2.24) is 0 Å². The minimum absolute atomic E-state index is 0.559. The zero-order valence-electron chi connectivity index (χ0n) is 8.87. The predicted molar refractivity (Wildman–Crippen MR) is 63.6 cm³/mol. The van der Waals surface area contributed by atoms with Gasteiger partial charge in [-0.25, -0.2) is 0 Å². The summed E-state index contributed by atoms with van der Waals surface area (Å²) in [6.07, 6.45) is 5.93. The van der Waals surface area contributed by atoms with Crippen LogP contribution in [-0.2, 0) is 6.42 Å². The molecule has 1 aromatic carbocycles. The van der Waals surface area contributed by atoms with E-state index in [-0.39, 0.29) is 0 Å². The van der Waals surface area contributed by atoms with Crippen molar-refractivity contribution in [2.24, 2.45) is 0 Å².